The number of rotatable bonds is 3. The van der Waals surface area contributed by atoms with Gasteiger partial charge in [-0.2, -0.15) is 5.26 Å². The summed E-state index contributed by atoms with van der Waals surface area (Å²) in [5.41, 5.74) is -0.775. The number of nitrogens with zero attached hydrogens (tertiary/aromatic N) is 1. The van der Waals surface area contributed by atoms with E-state index < -0.39 is 5.41 Å². The van der Waals surface area contributed by atoms with Gasteiger partial charge in [0.1, 0.15) is 5.41 Å². The molecule has 0 unspecified atom stereocenters. The van der Waals surface area contributed by atoms with Crippen molar-refractivity contribution < 1.29 is 4.79 Å². The van der Waals surface area contributed by atoms with Gasteiger partial charge in [-0.25, -0.2) is 0 Å². The molecule has 3 nitrogen and oxygen atoms in total. The minimum Gasteiger partial charge on any atom is -0.350 e. The van der Waals surface area contributed by atoms with Gasteiger partial charge in [-0.1, -0.05) is 35.4 Å². The van der Waals surface area contributed by atoms with Crippen molar-refractivity contribution in [2.24, 2.45) is 5.41 Å². The van der Waals surface area contributed by atoms with Gasteiger partial charge in [0.2, 0.25) is 5.91 Å². The molecule has 0 bridgehead atoms. The Hall–Kier alpha value is -0.820. The van der Waals surface area contributed by atoms with Crippen molar-refractivity contribution in [3.05, 3.63) is 11.1 Å². The zero-order valence-corrected chi connectivity index (χ0v) is 9.56. The summed E-state index contributed by atoms with van der Waals surface area (Å²) < 4.78 is 0.719. The molecule has 1 aliphatic rings. The highest BCUT2D eigenvalue weighted by Crippen LogP contribution is 2.37. The van der Waals surface area contributed by atoms with Crippen LogP contribution in [0.1, 0.15) is 25.7 Å². The maximum Gasteiger partial charge on any atom is 0.240 e. The van der Waals surface area contributed by atoms with E-state index in [0.717, 1.165) is 17.3 Å². The fourth-order valence-corrected chi connectivity index (χ4v) is 1.85. The monoisotopic (exact) mass is 256 g/mol. The lowest BCUT2D eigenvalue weighted by atomic mass is 9.87. The molecule has 1 fully saturated rings. The molecule has 4 heteroatoms. The number of carbonyl (C=O) groups excluding carboxylic acids is 1. The lowest BCUT2D eigenvalue weighted by Crippen LogP contribution is -2.38. The quantitative estimate of drug-likeness (QED) is 0.841. The van der Waals surface area contributed by atoms with Crippen molar-refractivity contribution in [3.63, 3.8) is 0 Å². The summed E-state index contributed by atoms with van der Waals surface area (Å²) in [7, 11) is 0. The predicted octanol–water partition coefficient (Wildman–Crippen LogP) is 2.10. The van der Waals surface area contributed by atoms with E-state index in [-0.39, 0.29) is 5.91 Å². The first-order chi connectivity index (χ1) is 6.60. The predicted molar refractivity (Wildman–Crippen MR) is 57.6 cm³/mol. The maximum atomic E-state index is 11.7. The average molecular weight is 257 g/mol. The second-order valence-corrected chi connectivity index (χ2v) is 4.72. The Kier molecular flexibility index (Phi) is 3.70. The van der Waals surface area contributed by atoms with Crippen molar-refractivity contribution in [2.75, 3.05) is 6.54 Å². The molecule has 0 saturated heterocycles. The topological polar surface area (TPSA) is 52.9 Å². The van der Waals surface area contributed by atoms with Gasteiger partial charge in [-0.3, -0.25) is 4.79 Å². The Bertz CT molecular complexity index is 287. The van der Waals surface area contributed by atoms with E-state index in [9.17, 15) is 4.79 Å². The highest BCUT2D eigenvalue weighted by atomic mass is 79.9. The van der Waals surface area contributed by atoms with E-state index in [2.05, 4.69) is 33.9 Å². The molecule has 1 N–H and O–H groups in total. The van der Waals surface area contributed by atoms with E-state index in [4.69, 9.17) is 5.26 Å². The van der Waals surface area contributed by atoms with E-state index in [1.165, 1.54) is 0 Å². The largest absolute Gasteiger partial charge is 0.350 e. The number of hydrogen-bond donors (Lipinski definition) is 1. The third kappa shape index (κ3) is 2.36. The minimum atomic E-state index is -0.775. The van der Waals surface area contributed by atoms with Gasteiger partial charge in [-0.05, 0) is 12.8 Å². The van der Waals surface area contributed by atoms with Crippen molar-refractivity contribution in [1.82, 2.24) is 5.32 Å². The number of hydrogen-bond acceptors (Lipinski definition) is 2. The molecule has 1 rings (SSSR count). The molecule has 0 heterocycles. The van der Waals surface area contributed by atoms with Gasteiger partial charge < -0.3 is 5.32 Å². The fourth-order valence-electron chi connectivity index (χ4n) is 1.71. The van der Waals surface area contributed by atoms with E-state index in [1.807, 2.05) is 0 Å². The van der Waals surface area contributed by atoms with Gasteiger partial charge in [0.25, 0.3) is 0 Å². The van der Waals surface area contributed by atoms with Gasteiger partial charge in [0.15, 0.2) is 0 Å². The molecule has 1 amide bonds. The molecule has 1 aliphatic carbocycles. The fraction of sp³-hybridized carbons (Fsp3) is 0.600. The SMILES string of the molecule is C=C(Br)CNC(=O)C1(C#N)CCCC1. The Morgan fingerprint density at radius 3 is 2.57 bits per heavy atom. The van der Waals surface area contributed by atoms with Gasteiger partial charge in [0.05, 0.1) is 6.07 Å². The Balaban J connectivity index is 2.58. The first-order valence-corrected chi connectivity index (χ1v) is 5.43. The first-order valence-electron chi connectivity index (χ1n) is 4.63. The maximum absolute atomic E-state index is 11.7. The summed E-state index contributed by atoms with van der Waals surface area (Å²) in [6.07, 6.45) is 3.31. The second-order valence-electron chi connectivity index (χ2n) is 3.60. The Morgan fingerprint density at radius 1 is 1.57 bits per heavy atom. The molecule has 0 aromatic rings. The summed E-state index contributed by atoms with van der Waals surface area (Å²) in [4.78, 5) is 11.7. The van der Waals surface area contributed by atoms with Crippen LogP contribution in [0, 0.1) is 16.7 Å². The van der Waals surface area contributed by atoms with Crippen molar-refractivity contribution in [1.29, 1.82) is 5.26 Å². The highest BCUT2D eigenvalue weighted by Gasteiger charge is 2.41. The van der Waals surface area contributed by atoms with Crippen LogP contribution in [0.5, 0.6) is 0 Å². The second kappa shape index (κ2) is 4.61. The van der Waals surface area contributed by atoms with Crippen molar-refractivity contribution in [2.45, 2.75) is 25.7 Å². The number of halogens is 1. The third-order valence-electron chi connectivity index (χ3n) is 2.55. The summed E-state index contributed by atoms with van der Waals surface area (Å²) in [5, 5.41) is 11.7. The molecular formula is C10H13BrN2O. The van der Waals surface area contributed by atoms with Gasteiger partial charge in [0, 0.05) is 11.0 Å². The Labute approximate surface area is 92.3 Å². The molecule has 14 heavy (non-hydrogen) atoms. The average Bonchev–Trinajstić information content (AvgIpc) is 2.63. The van der Waals surface area contributed by atoms with Crippen LogP contribution in [0.15, 0.2) is 11.1 Å². The first kappa shape index (κ1) is 11.3. The molecule has 0 aliphatic heterocycles. The normalized spacial score (nSPS) is 18.6. The minimum absolute atomic E-state index is 0.155. The van der Waals surface area contributed by atoms with Crippen LogP contribution in [0.4, 0.5) is 0 Å². The highest BCUT2D eigenvalue weighted by molar-refractivity contribution is 9.11. The van der Waals surface area contributed by atoms with Crippen LogP contribution >= 0.6 is 15.9 Å². The van der Waals surface area contributed by atoms with Crippen LogP contribution < -0.4 is 5.32 Å². The van der Waals surface area contributed by atoms with Crippen LogP contribution in [-0.2, 0) is 4.79 Å². The number of amides is 1. The van der Waals surface area contributed by atoms with E-state index in [0.29, 0.717) is 19.4 Å². The lowest BCUT2D eigenvalue weighted by Gasteiger charge is -2.18. The molecule has 0 aromatic carbocycles. The summed E-state index contributed by atoms with van der Waals surface area (Å²) in [5.74, 6) is -0.155. The van der Waals surface area contributed by atoms with Crippen LogP contribution in [-0.4, -0.2) is 12.5 Å². The van der Waals surface area contributed by atoms with E-state index >= 15 is 0 Å². The summed E-state index contributed by atoms with van der Waals surface area (Å²) >= 11 is 3.16. The molecule has 76 valence electrons. The van der Waals surface area contributed by atoms with Gasteiger partial charge in [-0.15, -0.1) is 0 Å². The van der Waals surface area contributed by atoms with Crippen molar-refractivity contribution in [3.8, 4) is 6.07 Å². The Morgan fingerprint density at radius 2 is 2.14 bits per heavy atom. The summed E-state index contributed by atoms with van der Waals surface area (Å²) in [6, 6.07) is 2.14. The number of nitriles is 1. The third-order valence-corrected chi connectivity index (χ3v) is 2.83. The zero-order valence-electron chi connectivity index (χ0n) is 7.98. The molecule has 0 radical (unpaired) electrons. The van der Waals surface area contributed by atoms with E-state index in [1.54, 1.807) is 0 Å². The van der Waals surface area contributed by atoms with Crippen LogP contribution in [0.3, 0.4) is 0 Å². The molecule has 1 saturated carbocycles. The van der Waals surface area contributed by atoms with Crippen LogP contribution in [0.2, 0.25) is 0 Å². The number of carbonyl (C=O) groups is 1. The molecule has 0 aromatic heterocycles. The van der Waals surface area contributed by atoms with Gasteiger partial charge >= 0.3 is 0 Å². The lowest BCUT2D eigenvalue weighted by molar-refractivity contribution is -0.127. The van der Waals surface area contributed by atoms with Crippen LogP contribution in [0.25, 0.3) is 0 Å². The standard InChI is InChI=1S/C10H13BrN2O/c1-8(11)6-13-9(14)10(7-12)4-2-3-5-10/h1-6H2,(H,13,14). The van der Waals surface area contributed by atoms with Crippen molar-refractivity contribution >= 4 is 21.8 Å². The smallest absolute Gasteiger partial charge is 0.240 e. The summed E-state index contributed by atoms with van der Waals surface area (Å²) in [6.45, 7) is 4.01. The molecule has 0 atom stereocenters. The molecular weight excluding hydrogens is 244 g/mol. The zero-order chi connectivity index (χ0) is 10.6. The number of nitrogens with one attached hydrogen (secondary N) is 1. The molecule has 0 spiro atoms.